The van der Waals surface area contributed by atoms with Gasteiger partial charge >= 0.3 is 0 Å². The van der Waals surface area contributed by atoms with Crippen molar-refractivity contribution >= 4 is 11.6 Å². The predicted octanol–water partition coefficient (Wildman–Crippen LogP) is 2.91. The first-order valence-corrected chi connectivity index (χ1v) is 6.86. The summed E-state index contributed by atoms with van der Waals surface area (Å²) in [7, 11) is 0. The van der Waals surface area contributed by atoms with Gasteiger partial charge in [-0.2, -0.15) is 0 Å². The average Bonchev–Trinajstić information content (AvgIpc) is 2.83. The quantitative estimate of drug-likeness (QED) is 0.723. The third-order valence-electron chi connectivity index (χ3n) is 3.17. The van der Waals surface area contributed by atoms with Gasteiger partial charge in [-0.05, 0) is 24.9 Å². The zero-order valence-electron chi connectivity index (χ0n) is 10.1. The van der Waals surface area contributed by atoms with E-state index in [1.807, 2.05) is 6.07 Å². The van der Waals surface area contributed by atoms with Crippen molar-refractivity contribution in [3.8, 4) is 0 Å². The van der Waals surface area contributed by atoms with Crippen molar-refractivity contribution in [2.75, 3.05) is 25.5 Å². The molecule has 1 aliphatic heterocycles. The molecule has 0 radical (unpaired) electrons. The highest BCUT2D eigenvalue weighted by Gasteiger charge is 2.22. The molecule has 1 aromatic rings. The van der Waals surface area contributed by atoms with Crippen LogP contribution in [0.25, 0.3) is 0 Å². The minimum atomic E-state index is 0.394. The second-order valence-electron chi connectivity index (χ2n) is 4.55. The molecule has 0 N–H and O–H groups in total. The maximum absolute atomic E-state index is 5.92. The van der Waals surface area contributed by atoms with E-state index in [-0.39, 0.29) is 0 Å². The number of benzene rings is 1. The molecule has 0 amide bonds. The van der Waals surface area contributed by atoms with E-state index in [0.29, 0.717) is 6.10 Å². The minimum absolute atomic E-state index is 0.394. The highest BCUT2D eigenvalue weighted by atomic mass is 35.5. The van der Waals surface area contributed by atoms with Gasteiger partial charge in [-0.25, -0.2) is 0 Å². The minimum Gasteiger partial charge on any atom is -0.372 e. The molecule has 1 heterocycles. The van der Waals surface area contributed by atoms with Crippen molar-refractivity contribution in [2.24, 2.45) is 0 Å². The fourth-order valence-electron chi connectivity index (χ4n) is 2.21. The summed E-state index contributed by atoms with van der Waals surface area (Å²) in [5.41, 5.74) is 1.26. The van der Waals surface area contributed by atoms with E-state index in [0.717, 1.165) is 45.0 Å². The summed E-state index contributed by atoms with van der Waals surface area (Å²) in [5.74, 6) is 0.756. The maximum atomic E-state index is 5.92. The lowest BCUT2D eigenvalue weighted by atomic mass is 10.2. The summed E-state index contributed by atoms with van der Waals surface area (Å²) in [6, 6.07) is 10.4. The van der Waals surface area contributed by atoms with Gasteiger partial charge in [0.1, 0.15) is 0 Å². The molecule has 17 heavy (non-hydrogen) atoms. The number of rotatable bonds is 6. The number of hydrogen-bond donors (Lipinski definition) is 0. The Balaban J connectivity index is 1.68. The van der Waals surface area contributed by atoms with Crippen LogP contribution in [0.1, 0.15) is 18.4 Å². The smallest absolute Gasteiger partial charge is 0.0721 e. The Morgan fingerprint density at radius 2 is 2.12 bits per heavy atom. The van der Waals surface area contributed by atoms with Crippen LogP contribution >= 0.6 is 11.6 Å². The van der Waals surface area contributed by atoms with Gasteiger partial charge in [0.05, 0.1) is 12.7 Å². The Kier molecular flexibility index (Phi) is 5.30. The molecular weight excluding hydrogens is 234 g/mol. The number of likely N-dealkylation sites (tertiary alicyclic amines) is 1. The fourth-order valence-corrected chi connectivity index (χ4v) is 2.33. The zero-order chi connectivity index (χ0) is 11.9. The SMILES string of the molecule is ClCCCN1CCC(OCc2ccccc2)C1. The molecule has 0 aromatic heterocycles. The van der Waals surface area contributed by atoms with Gasteiger partial charge in [-0.1, -0.05) is 30.3 Å². The topological polar surface area (TPSA) is 12.5 Å². The number of halogens is 1. The van der Waals surface area contributed by atoms with Crippen molar-refractivity contribution in [3.05, 3.63) is 35.9 Å². The first-order valence-electron chi connectivity index (χ1n) is 6.32. The maximum Gasteiger partial charge on any atom is 0.0721 e. The van der Waals surface area contributed by atoms with Gasteiger partial charge in [0.25, 0.3) is 0 Å². The largest absolute Gasteiger partial charge is 0.372 e. The molecule has 0 spiro atoms. The van der Waals surface area contributed by atoms with E-state index in [4.69, 9.17) is 16.3 Å². The van der Waals surface area contributed by atoms with E-state index in [1.54, 1.807) is 0 Å². The second kappa shape index (κ2) is 7.00. The Hall–Kier alpha value is -0.570. The second-order valence-corrected chi connectivity index (χ2v) is 4.93. The van der Waals surface area contributed by atoms with Crippen molar-refractivity contribution in [2.45, 2.75) is 25.6 Å². The molecule has 1 fully saturated rings. The lowest BCUT2D eigenvalue weighted by Gasteiger charge is -2.15. The highest BCUT2D eigenvalue weighted by Crippen LogP contribution is 2.15. The lowest BCUT2D eigenvalue weighted by molar-refractivity contribution is 0.0467. The van der Waals surface area contributed by atoms with Crippen LogP contribution in [-0.4, -0.2) is 36.5 Å². The van der Waals surface area contributed by atoms with Crippen molar-refractivity contribution < 1.29 is 4.74 Å². The Labute approximate surface area is 109 Å². The summed E-state index contributed by atoms with van der Waals surface area (Å²) in [6.07, 6.45) is 2.62. The normalized spacial score (nSPS) is 20.9. The third-order valence-corrected chi connectivity index (χ3v) is 3.43. The first kappa shape index (κ1) is 12.9. The molecule has 94 valence electrons. The van der Waals surface area contributed by atoms with Crippen LogP contribution in [0.4, 0.5) is 0 Å². The summed E-state index contributed by atoms with van der Waals surface area (Å²) in [4.78, 5) is 2.44. The number of nitrogens with zero attached hydrogens (tertiary/aromatic N) is 1. The number of ether oxygens (including phenoxy) is 1. The molecule has 0 saturated carbocycles. The number of hydrogen-bond acceptors (Lipinski definition) is 2. The molecule has 3 heteroatoms. The van der Waals surface area contributed by atoms with Crippen LogP contribution in [-0.2, 0) is 11.3 Å². The number of alkyl halides is 1. The molecule has 1 aromatic carbocycles. The van der Waals surface area contributed by atoms with Crippen LogP contribution in [0.15, 0.2) is 30.3 Å². The van der Waals surface area contributed by atoms with Crippen molar-refractivity contribution in [1.82, 2.24) is 4.90 Å². The Bertz CT molecular complexity index is 317. The molecular formula is C14H20ClNO. The summed E-state index contributed by atoms with van der Waals surface area (Å²) < 4.78 is 5.92. The van der Waals surface area contributed by atoms with Crippen LogP contribution in [0.5, 0.6) is 0 Å². The van der Waals surface area contributed by atoms with E-state index in [9.17, 15) is 0 Å². The Morgan fingerprint density at radius 1 is 1.29 bits per heavy atom. The van der Waals surface area contributed by atoms with Crippen LogP contribution in [0, 0.1) is 0 Å². The van der Waals surface area contributed by atoms with Gasteiger partial charge < -0.3 is 9.64 Å². The van der Waals surface area contributed by atoms with E-state index < -0.39 is 0 Å². The van der Waals surface area contributed by atoms with Gasteiger partial charge in [0.2, 0.25) is 0 Å². The van der Waals surface area contributed by atoms with Crippen LogP contribution in [0.2, 0.25) is 0 Å². The molecule has 1 aliphatic rings. The third kappa shape index (κ3) is 4.30. The van der Waals surface area contributed by atoms with Crippen molar-refractivity contribution in [3.63, 3.8) is 0 Å². The monoisotopic (exact) mass is 253 g/mol. The molecule has 0 aliphatic carbocycles. The van der Waals surface area contributed by atoms with Crippen LogP contribution < -0.4 is 0 Å². The molecule has 1 atom stereocenters. The molecule has 0 bridgehead atoms. The first-order chi connectivity index (χ1) is 8.38. The predicted molar refractivity (Wildman–Crippen MR) is 71.4 cm³/mol. The van der Waals surface area contributed by atoms with Gasteiger partial charge in [-0.15, -0.1) is 11.6 Å². The standard InChI is InChI=1S/C14H20ClNO/c15-8-4-9-16-10-7-14(11-16)17-12-13-5-2-1-3-6-13/h1-3,5-6,14H,4,7-12H2. The average molecular weight is 254 g/mol. The molecule has 1 saturated heterocycles. The summed E-state index contributed by atoms with van der Waals surface area (Å²) >= 11 is 5.70. The molecule has 1 unspecified atom stereocenters. The molecule has 2 rings (SSSR count). The van der Waals surface area contributed by atoms with Crippen LogP contribution in [0.3, 0.4) is 0 Å². The highest BCUT2D eigenvalue weighted by molar-refractivity contribution is 6.17. The fraction of sp³-hybridized carbons (Fsp3) is 0.571. The zero-order valence-corrected chi connectivity index (χ0v) is 10.9. The lowest BCUT2D eigenvalue weighted by Crippen LogP contribution is -2.24. The van der Waals surface area contributed by atoms with Gasteiger partial charge in [-0.3, -0.25) is 0 Å². The molecule has 2 nitrogen and oxygen atoms in total. The van der Waals surface area contributed by atoms with E-state index >= 15 is 0 Å². The van der Waals surface area contributed by atoms with Crippen molar-refractivity contribution in [1.29, 1.82) is 0 Å². The van der Waals surface area contributed by atoms with E-state index in [2.05, 4.69) is 29.2 Å². The van der Waals surface area contributed by atoms with E-state index in [1.165, 1.54) is 5.56 Å². The Morgan fingerprint density at radius 3 is 2.88 bits per heavy atom. The van der Waals surface area contributed by atoms with Gasteiger partial charge in [0.15, 0.2) is 0 Å². The summed E-state index contributed by atoms with van der Waals surface area (Å²) in [5, 5.41) is 0. The summed E-state index contributed by atoms with van der Waals surface area (Å²) in [6.45, 7) is 4.05. The van der Waals surface area contributed by atoms with Gasteiger partial charge in [0, 0.05) is 19.0 Å².